The third kappa shape index (κ3) is 4.72. The van der Waals surface area contributed by atoms with Crippen LogP contribution in [0.5, 0.6) is 11.5 Å². The lowest BCUT2D eigenvalue weighted by Crippen LogP contribution is -2.13. The van der Waals surface area contributed by atoms with E-state index in [-0.39, 0.29) is 18.7 Å². The Balaban J connectivity index is 0.000000171. The van der Waals surface area contributed by atoms with E-state index in [0.29, 0.717) is 0 Å². The van der Waals surface area contributed by atoms with Crippen molar-refractivity contribution >= 4 is 33.7 Å². The van der Waals surface area contributed by atoms with Crippen LogP contribution < -0.4 is 15.2 Å². The molecule has 30 heavy (non-hydrogen) atoms. The highest BCUT2D eigenvalue weighted by molar-refractivity contribution is 5.89. The predicted octanol–water partition coefficient (Wildman–Crippen LogP) is 3.01. The van der Waals surface area contributed by atoms with Crippen LogP contribution >= 0.6 is 0 Å². The van der Waals surface area contributed by atoms with E-state index in [0.717, 1.165) is 44.4 Å². The van der Waals surface area contributed by atoms with Gasteiger partial charge in [-0.3, -0.25) is 9.59 Å². The van der Waals surface area contributed by atoms with E-state index in [4.69, 9.17) is 20.3 Å². The van der Waals surface area contributed by atoms with Crippen LogP contribution in [-0.4, -0.2) is 41.2 Å². The van der Waals surface area contributed by atoms with Crippen molar-refractivity contribution in [1.29, 1.82) is 0 Å². The van der Waals surface area contributed by atoms with Gasteiger partial charge in [-0.15, -0.1) is 0 Å². The molecule has 8 nitrogen and oxygen atoms in total. The molecule has 8 heteroatoms. The Morgan fingerprint density at radius 3 is 1.73 bits per heavy atom. The molecule has 0 aliphatic rings. The van der Waals surface area contributed by atoms with Gasteiger partial charge in [0.05, 0.1) is 27.1 Å². The van der Waals surface area contributed by atoms with Gasteiger partial charge in [-0.05, 0) is 47.5 Å². The van der Waals surface area contributed by atoms with Gasteiger partial charge in [0, 0.05) is 34.2 Å². The van der Waals surface area contributed by atoms with E-state index in [1.807, 2.05) is 36.4 Å². The summed E-state index contributed by atoms with van der Waals surface area (Å²) in [6.07, 6.45) is 3.79. The number of amides is 1. The molecule has 2 heterocycles. The molecule has 0 spiro atoms. The number of aromatic amines is 2. The first kappa shape index (κ1) is 20.8. The maximum atomic E-state index is 10.8. The highest BCUT2D eigenvalue weighted by Gasteiger charge is 2.08. The Morgan fingerprint density at radius 2 is 1.33 bits per heavy atom. The van der Waals surface area contributed by atoms with Gasteiger partial charge in [-0.25, -0.2) is 0 Å². The lowest BCUT2D eigenvalue weighted by molar-refractivity contribution is -0.136. The largest absolute Gasteiger partial charge is 0.497 e. The highest BCUT2D eigenvalue weighted by atomic mass is 16.5. The molecule has 0 saturated carbocycles. The number of nitrogens with one attached hydrogen (secondary N) is 2. The topological polar surface area (TPSA) is 130 Å². The molecule has 1 amide bonds. The number of nitrogens with two attached hydrogens (primary N) is 1. The number of rotatable bonds is 6. The van der Waals surface area contributed by atoms with Crippen molar-refractivity contribution in [3.8, 4) is 11.5 Å². The molecule has 5 N–H and O–H groups in total. The Hall–Kier alpha value is -3.94. The Bertz CT molecular complexity index is 1100. The van der Waals surface area contributed by atoms with Crippen LogP contribution in [0.2, 0.25) is 0 Å². The molecule has 0 radical (unpaired) electrons. The SMILES string of the molecule is COc1ccc2[nH]cc(CC(=O)O)c2c1.COc1ccc2[nH]cc(CC(N)=O)c2c1. The van der Waals surface area contributed by atoms with Crippen molar-refractivity contribution < 1.29 is 24.2 Å². The number of hydrogen-bond acceptors (Lipinski definition) is 4. The van der Waals surface area contributed by atoms with Crippen LogP contribution in [0.1, 0.15) is 11.1 Å². The maximum Gasteiger partial charge on any atom is 0.307 e. The monoisotopic (exact) mass is 409 g/mol. The molecule has 2 aromatic heterocycles. The highest BCUT2D eigenvalue weighted by Crippen LogP contribution is 2.24. The standard InChI is InChI=1S/C11H12N2O2.C11H11NO3/c1-15-8-2-3-10-9(5-8)7(6-13-10)4-11(12)14;1-15-8-2-3-10-9(5-8)7(6-12-10)4-11(13)14/h2-3,5-6,13H,4H2,1H3,(H2,12,14);2-3,5-6,12H,4H2,1H3,(H,13,14). The van der Waals surface area contributed by atoms with Crippen molar-refractivity contribution in [2.45, 2.75) is 12.8 Å². The number of H-pyrrole nitrogens is 2. The van der Waals surface area contributed by atoms with Crippen LogP contribution in [0.3, 0.4) is 0 Å². The molecule has 0 saturated heterocycles. The number of carbonyl (C=O) groups excluding carboxylic acids is 1. The summed E-state index contributed by atoms with van der Waals surface area (Å²) in [4.78, 5) is 27.6. The summed E-state index contributed by atoms with van der Waals surface area (Å²) >= 11 is 0. The maximum absolute atomic E-state index is 10.8. The molecule has 0 aliphatic carbocycles. The van der Waals surface area contributed by atoms with Crippen LogP contribution in [0.15, 0.2) is 48.8 Å². The van der Waals surface area contributed by atoms with Gasteiger partial charge in [-0.2, -0.15) is 0 Å². The van der Waals surface area contributed by atoms with Crippen molar-refractivity contribution in [2.24, 2.45) is 5.73 Å². The molecule has 0 atom stereocenters. The summed E-state index contributed by atoms with van der Waals surface area (Å²) in [6.45, 7) is 0. The molecular weight excluding hydrogens is 386 g/mol. The number of aromatic nitrogens is 2. The number of carboxylic acid groups (broad SMARTS) is 1. The summed E-state index contributed by atoms with van der Waals surface area (Å²) in [5.41, 5.74) is 8.74. The lowest BCUT2D eigenvalue weighted by atomic mass is 10.1. The van der Waals surface area contributed by atoms with Gasteiger partial charge in [0.25, 0.3) is 0 Å². The van der Waals surface area contributed by atoms with E-state index in [1.165, 1.54) is 0 Å². The number of benzene rings is 2. The molecule has 2 aromatic carbocycles. The quantitative estimate of drug-likeness (QED) is 0.389. The second kappa shape index (κ2) is 9.04. The van der Waals surface area contributed by atoms with Gasteiger partial charge < -0.3 is 30.3 Å². The molecule has 0 fully saturated rings. The van der Waals surface area contributed by atoms with Gasteiger partial charge in [0.2, 0.25) is 5.91 Å². The summed E-state index contributed by atoms with van der Waals surface area (Å²) in [7, 11) is 3.20. The van der Waals surface area contributed by atoms with E-state index in [1.54, 1.807) is 26.6 Å². The van der Waals surface area contributed by atoms with Crippen LogP contribution in [-0.2, 0) is 22.4 Å². The van der Waals surface area contributed by atoms with Crippen molar-refractivity contribution in [2.75, 3.05) is 14.2 Å². The van der Waals surface area contributed by atoms with E-state index >= 15 is 0 Å². The minimum Gasteiger partial charge on any atom is -0.497 e. The van der Waals surface area contributed by atoms with Crippen LogP contribution in [0, 0.1) is 0 Å². The molecule has 0 bridgehead atoms. The number of ether oxygens (including phenoxy) is 2. The van der Waals surface area contributed by atoms with Gasteiger partial charge in [0.15, 0.2) is 0 Å². The molecular formula is C22H23N3O5. The summed E-state index contributed by atoms with van der Waals surface area (Å²) < 4.78 is 10.2. The molecule has 4 rings (SSSR count). The molecule has 4 aromatic rings. The number of methoxy groups -OCH3 is 2. The Morgan fingerprint density at radius 1 is 0.867 bits per heavy atom. The van der Waals surface area contributed by atoms with E-state index < -0.39 is 5.97 Å². The number of primary amides is 1. The fourth-order valence-electron chi connectivity index (χ4n) is 3.21. The van der Waals surface area contributed by atoms with E-state index in [2.05, 4.69) is 9.97 Å². The average Bonchev–Trinajstić information content (AvgIpc) is 3.31. The predicted molar refractivity (Wildman–Crippen MR) is 114 cm³/mol. The number of carbonyl (C=O) groups is 2. The number of hydrogen-bond donors (Lipinski definition) is 4. The number of carboxylic acids is 1. The normalized spacial score (nSPS) is 10.5. The average molecular weight is 409 g/mol. The van der Waals surface area contributed by atoms with Crippen molar-refractivity contribution in [1.82, 2.24) is 9.97 Å². The zero-order valence-corrected chi connectivity index (χ0v) is 16.7. The first-order valence-electron chi connectivity index (χ1n) is 9.19. The Labute approximate surface area is 172 Å². The minimum absolute atomic E-state index is 0.0210. The first-order valence-corrected chi connectivity index (χ1v) is 9.19. The fourth-order valence-corrected chi connectivity index (χ4v) is 3.21. The molecule has 0 aliphatic heterocycles. The van der Waals surface area contributed by atoms with Crippen molar-refractivity contribution in [3.63, 3.8) is 0 Å². The second-order valence-corrected chi connectivity index (χ2v) is 6.66. The third-order valence-electron chi connectivity index (χ3n) is 4.66. The summed E-state index contributed by atoms with van der Waals surface area (Å²) in [6, 6.07) is 11.2. The van der Waals surface area contributed by atoms with Gasteiger partial charge in [-0.1, -0.05) is 0 Å². The van der Waals surface area contributed by atoms with Crippen molar-refractivity contribution in [3.05, 3.63) is 59.9 Å². The van der Waals surface area contributed by atoms with Crippen LogP contribution in [0.25, 0.3) is 21.8 Å². The number of fused-ring (bicyclic) bond motifs is 2. The van der Waals surface area contributed by atoms with Gasteiger partial charge >= 0.3 is 5.97 Å². The molecule has 0 unspecified atom stereocenters. The smallest absolute Gasteiger partial charge is 0.307 e. The van der Waals surface area contributed by atoms with Crippen LogP contribution in [0.4, 0.5) is 0 Å². The fraction of sp³-hybridized carbons (Fsp3) is 0.182. The third-order valence-corrected chi connectivity index (χ3v) is 4.66. The first-order chi connectivity index (χ1) is 14.4. The zero-order chi connectivity index (χ0) is 21.7. The van der Waals surface area contributed by atoms with E-state index in [9.17, 15) is 9.59 Å². The van der Waals surface area contributed by atoms with Gasteiger partial charge in [0.1, 0.15) is 11.5 Å². The summed E-state index contributed by atoms with van der Waals surface area (Å²) in [5.74, 6) is 0.332. The Kier molecular flexibility index (Phi) is 6.26. The number of aliphatic carboxylic acids is 1. The lowest BCUT2D eigenvalue weighted by Gasteiger charge is -2.00. The molecule has 156 valence electrons. The zero-order valence-electron chi connectivity index (χ0n) is 16.7. The minimum atomic E-state index is -0.835. The summed E-state index contributed by atoms with van der Waals surface area (Å²) in [5, 5.41) is 10.6. The second-order valence-electron chi connectivity index (χ2n) is 6.66.